The van der Waals surface area contributed by atoms with Crippen LogP contribution < -0.4 is 0 Å². The summed E-state index contributed by atoms with van der Waals surface area (Å²) in [5.74, 6) is 0. The van der Waals surface area contributed by atoms with Gasteiger partial charge in [0.2, 0.25) is 0 Å². The molecule has 8 aromatic carbocycles. The van der Waals surface area contributed by atoms with Crippen molar-refractivity contribution in [3.8, 4) is 22.3 Å². The van der Waals surface area contributed by atoms with Gasteiger partial charge in [-0.3, -0.25) is 0 Å². The van der Waals surface area contributed by atoms with E-state index in [4.69, 9.17) is 0 Å². The van der Waals surface area contributed by atoms with Crippen molar-refractivity contribution in [1.29, 1.82) is 0 Å². The van der Waals surface area contributed by atoms with Crippen LogP contribution in [0.15, 0.2) is 146 Å². The smallest absolute Gasteiger partial charge is 0.0362 e. The third-order valence-corrected chi connectivity index (χ3v) is 9.74. The van der Waals surface area contributed by atoms with E-state index < -0.39 is 0 Å². The highest BCUT2D eigenvalue weighted by atomic mass is 32.1. The van der Waals surface area contributed by atoms with Gasteiger partial charge in [0.25, 0.3) is 0 Å². The predicted molar refractivity (Wildman–Crippen MR) is 180 cm³/mol. The van der Waals surface area contributed by atoms with Crippen molar-refractivity contribution >= 4 is 74.6 Å². The summed E-state index contributed by atoms with van der Waals surface area (Å²) in [6.07, 6.45) is 0. The van der Waals surface area contributed by atoms with Crippen molar-refractivity contribution in [3.63, 3.8) is 0 Å². The fourth-order valence-corrected chi connectivity index (χ4v) is 7.90. The number of thiophene rings is 1. The lowest BCUT2D eigenvalue weighted by Gasteiger charge is -2.19. The zero-order chi connectivity index (χ0) is 26.9. The van der Waals surface area contributed by atoms with E-state index in [0.717, 1.165) is 0 Å². The van der Waals surface area contributed by atoms with Crippen molar-refractivity contribution in [3.05, 3.63) is 146 Å². The quantitative estimate of drug-likeness (QED) is 0.193. The first-order valence-corrected chi connectivity index (χ1v) is 14.9. The number of hydrogen-bond donors (Lipinski definition) is 0. The average molecular weight is 537 g/mol. The van der Waals surface area contributed by atoms with E-state index in [1.165, 1.54) is 85.5 Å². The van der Waals surface area contributed by atoms with Gasteiger partial charge in [-0.2, -0.15) is 0 Å². The van der Waals surface area contributed by atoms with Crippen LogP contribution >= 0.6 is 11.3 Å². The average Bonchev–Trinajstić information content (AvgIpc) is 3.42. The Bertz CT molecular complexity index is 2480. The molecule has 0 saturated carbocycles. The molecule has 0 atom stereocenters. The Morgan fingerprint density at radius 2 is 0.854 bits per heavy atom. The molecule has 0 aliphatic heterocycles. The highest BCUT2D eigenvalue weighted by molar-refractivity contribution is 7.26. The third-order valence-electron chi connectivity index (χ3n) is 8.60. The minimum absolute atomic E-state index is 1.26. The number of benzene rings is 8. The van der Waals surface area contributed by atoms with Crippen molar-refractivity contribution in [1.82, 2.24) is 0 Å². The van der Waals surface area contributed by atoms with E-state index in [0.29, 0.717) is 0 Å². The van der Waals surface area contributed by atoms with Crippen LogP contribution in [0.25, 0.3) is 85.5 Å². The van der Waals surface area contributed by atoms with E-state index in [9.17, 15) is 0 Å². The first-order chi connectivity index (χ1) is 20.3. The lowest BCUT2D eigenvalue weighted by atomic mass is 9.84. The largest absolute Gasteiger partial charge is 0.135 e. The van der Waals surface area contributed by atoms with E-state index in [1.54, 1.807) is 0 Å². The summed E-state index contributed by atoms with van der Waals surface area (Å²) in [6.45, 7) is 0. The van der Waals surface area contributed by atoms with Crippen LogP contribution in [0.3, 0.4) is 0 Å². The van der Waals surface area contributed by atoms with Gasteiger partial charge in [-0.05, 0) is 84.2 Å². The SMILES string of the molecule is c1ccc2cc(-c3c4ccccc4c(-c4ccc5ccccc5c4)c4c3ccc3sc5ccccc5c34)ccc2c1. The van der Waals surface area contributed by atoms with Crippen LogP contribution in [0.4, 0.5) is 0 Å². The van der Waals surface area contributed by atoms with Gasteiger partial charge in [0.05, 0.1) is 0 Å². The molecule has 0 fully saturated rings. The molecule has 0 nitrogen and oxygen atoms in total. The summed E-state index contributed by atoms with van der Waals surface area (Å²) in [4.78, 5) is 0. The van der Waals surface area contributed by atoms with Gasteiger partial charge < -0.3 is 0 Å². The molecule has 0 aliphatic carbocycles. The summed E-state index contributed by atoms with van der Waals surface area (Å²) in [5, 5.41) is 13.0. The van der Waals surface area contributed by atoms with Gasteiger partial charge in [-0.1, -0.05) is 121 Å². The summed E-state index contributed by atoms with van der Waals surface area (Å²) in [7, 11) is 0. The summed E-state index contributed by atoms with van der Waals surface area (Å²) < 4.78 is 2.67. The molecule has 1 heteroatoms. The summed E-state index contributed by atoms with van der Waals surface area (Å²) in [6, 6.07) is 53.8. The molecule has 0 N–H and O–H groups in total. The van der Waals surface area contributed by atoms with Gasteiger partial charge in [0.1, 0.15) is 0 Å². The molecular formula is C40H24S. The molecule has 0 amide bonds. The predicted octanol–water partition coefficient (Wildman–Crippen LogP) is 12.0. The molecule has 0 spiro atoms. The van der Waals surface area contributed by atoms with Gasteiger partial charge in [-0.25, -0.2) is 0 Å². The number of hydrogen-bond acceptors (Lipinski definition) is 1. The van der Waals surface area contributed by atoms with E-state index >= 15 is 0 Å². The monoisotopic (exact) mass is 536 g/mol. The molecule has 9 aromatic rings. The number of rotatable bonds is 2. The molecule has 0 saturated heterocycles. The second-order valence-corrected chi connectivity index (χ2v) is 12.0. The molecule has 0 aliphatic rings. The second-order valence-electron chi connectivity index (χ2n) is 10.9. The molecule has 41 heavy (non-hydrogen) atoms. The first kappa shape index (κ1) is 22.8. The molecule has 190 valence electrons. The van der Waals surface area contributed by atoms with Crippen molar-refractivity contribution < 1.29 is 0 Å². The van der Waals surface area contributed by atoms with Crippen LogP contribution in [-0.2, 0) is 0 Å². The Hall–Kier alpha value is -4.98. The molecular weight excluding hydrogens is 513 g/mol. The Kier molecular flexibility index (Phi) is 4.87. The Labute approximate surface area is 241 Å². The zero-order valence-electron chi connectivity index (χ0n) is 22.3. The maximum atomic E-state index is 2.37. The maximum Gasteiger partial charge on any atom is 0.0362 e. The zero-order valence-corrected chi connectivity index (χ0v) is 23.1. The number of fused-ring (bicyclic) bond motifs is 8. The fourth-order valence-electron chi connectivity index (χ4n) is 6.78. The lowest BCUT2D eigenvalue weighted by molar-refractivity contribution is 1.69. The van der Waals surface area contributed by atoms with Gasteiger partial charge in [-0.15, -0.1) is 11.3 Å². The van der Waals surface area contributed by atoms with E-state index in [-0.39, 0.29) is 0 Å². The third kappa shape index (κ3) is 3.40. The molecule has 0 bridgehead atoms. The van der Waals surface area contributed by atoms with Crippen molar-refractivity contribution in [2.45, 2.75) is 0 Å². The first-order valence-electron chi connectivity index (χ1n) is 14.1. The van der Waals surface area contributed by atoms with Crippen molar-refractivity contribution in [2.24, 2.45) is 0 Å². The normalized spacial score (nSPS) is 11.9. The van der Waals surface area contributed by atoms with Crippen LogP contribution in [0.5, 0.6) is 0 Å². The standard InChI is InChI=1S/C40H24S/c1-3-11-27-23-29(19-17-25(27)9-1)37-31-13-5-6-14-32(31)38(30-20-18-26-10-2-4-12-28(26)24-30)40-34(37)21-22-36-39(40)33-15-7-8-16-35(33)41-36/h1-24H. The summed E-state index contributed by atoms with van der Waals surface area (Å²) in [5.41, 5.74) is 5.15. The Morgan fingerprint density at radius 1 is 0.317 bits per heavy atom. The molecule has 1 aromatic heterocycles. The van der Waals surface area contributed by atoms with Gasteiger partial charge >= 0.3 is 0 Å². The molecule has 1 heterocycles. The van der Waals surface area contributed by atoms with Crippen molar-refractivity contribution in [2.75, 3.05) is 0 Å². The van der Waals surface area contributed by atoms with Crippen LogP contribution in [-0.4, -0.2) is 0 Å². The molecule has 0 unspecified atom stereocenters. The van der Waals surface area contributed by atoms with Gasteiger partial charge in [0.15, 0.2) is 0 Å². The maximum absolute atomic E-state index is 2.37. The topological polar surface area (TPSA) is 0 Å². The van der Waals surface area contributed by atoms with Crippen LogP contribution in [0, 0.1) is 0 Å². The molecule has 0 radical (unpaired) electrons. The van der Waals surface area contributed by atoms with E-state index in [2.05, 4.69) is 146 Å². The summed E-state index contributed by atoms with van der Waals surface area (Å²) >= 11 is 1.89. The highest BCUT2D eigenvalue weighted by Gasteiger charge is 2.21. The Balaban J connectivity index is 1.52. The highest BCUT2D eigenvalue weighted by Crippen LogP contribution is 2.49. The molecule has 9 rings (SSSR count). The minimum Gasteiger partial charge on any atom is -0.135 e. The van der Waals surface area contributed by atoms with E-state index in [1.807, 2.05) is 11.3 Å². The fraction of sp³-hybridized carbons (Fsp3) is 0. The van der Waals surface area contributed by atoms with Gasteiger partial charge in [0, 0.05) is 25.6 Å². The second kappa shape index (κ2) is 8.76. The lowest BCUT2D eigenvalue weighted by Crippen LogP contribution is -1.92. The van der Waals surface area contributed by atoms with Crippen LogP contribution in [0.2, 0.25) is 0 Å². The minimum atomic E-state index is 1.26. The Morgan fingerprint density at radius 3 is 1.54 bits per heavy atom. The van der Waals surface area contributed by atoms with Crippen LogP contribution in [0.1, 0.15) is 0 Å².